The molecule has 2 N–H and O–H groups in total. The standard InChI is InChI=1S/C15H21N3OS/c1-11-13(10-18-6-2-4-12(8-16)9-18)17-15(19-11)14-5-3-7-20-14/h3,5,7,12H,2,4,6,8-10,16H2,1H3. The molecule has 0 amide bonds. The van der Waals surface area contributed by atoms with Gasteiger partial charge in [-0.25, -0.2) is 4.98 Å². The molecule has 20 heavy (non-hydrogen) atoms. The van der Waals surface area contributed by atoms with Crippen molar-refractivity contribution in [3.63, 3.8) is 0 Å². The summed E-state index contributed by atoms with van der Waals surface area (Å²) in [7, 11) is 0. The Morgan fingerprint density at radius 3 is 3.20 bits per heavy atom. The number of thiophene rings is 1. The van der Waals surface area contributed by atoms with Gasteiger partial charge in [-0.2, -0.15) is 0 Å². The lowest BCUT2D eigenvalue weighted by molar-refractivity contribution is 0.169. The molecule has 0 spiro atoms. The summed E-state index contributed by atoms with van der Waals surface area (Å²) in [6.07, 6.45) is 2.49. The third-order valence-electron chi connectivity index (χ3n) is 3.93. The van der Waals surface area contributed by atoms with Crippen molar-refractivity contribution in [2.75, 3.05) is 19.6 Å². The van der Waals surface area contributed by atoms with Crippen LogP contribution >= 0.6 is 11.3 Å². The van der Waals surface area contributed by atoms with Crippen LogP contribution in [-0.4, -0.2) is 29.5 Å². The van der Waals surface area contributed by atoms with Crippen molar-refractivity contribution in [3.8, 4) is 10.8 Å². The molecule has 108 valence electrons. The van der Waals surface area contributed by atoms with Gasteiger partial charge in [-0.05, 0) is 50.2 Å². The van der Waals surface area contributed by atoms with E-state index in [1.165, 1.54) is 12.8 Å². The number of nitrogens with zero attached hydrogens (tertiary/aromatic N) is 2. The van der Waals surface area contributed by atoms with Gasteiger partial charge in [0.15, 0.2) is 0 Å². The lowest BCUT2D eigenvalue weighted by Gasteiger charge is -2.31. The zero-order valence-corrected chi connectivity index (χ0v) is 12.7. The predicted molar refractivity (Wildman–Crippen MR) is 81.6 cm³/mol. The van der Waals surface area contributed by atoms with E-state index in [2.05, 4.69) is 9.88 Å². The van der Waals surface area contributed by atoms with Gasteiger partial charge in [-0.1, -0.05) is 6.07 Å². The molecule has 1 atom stereocenters. The first-order valence-electron chi connectivity index (χ1n) is 7.19. The Labute approximate surface area is 123 Å². The number of rotatable bonds is 4. The molecule has 0 aromatic carbocycles. The summed E-state index contributed by atoms with van der Waals surface area (Å²) in [6.45, 7) is 5.88. The highest BCUT2D eigenvalue weighted by molar-refractivity contribution is 7.13. The quantitative estimate of drug-likeness (QED) is 0.941. The minimum Gasteiger partial charge on any atom is -0.440 e. The number of hydrogen-bond donors (Lipinski definition) is 1. The van der Waals surface area contributed by atoms with E-state index in [1.807, 2.05) is 24.4 Å². The molecular formula is C15H21N3OS. The normalized spacial score (nSPS) is 20.4. The molecule has 5 heteroatoms. The van der Waals surface area contributed by atoms with Crippen LogP contribution in [0.25, 0.3) is 10.8 Å². The van der Waals surface area contributed by atoms with Crippen LogP contribution in [0.2, 0.25) is 0 Å². The molecule has 1 fully saturated rings. The van der Waals surface area contributed by atoms with Crippen LogP contribution in [0.4, 0.5) is 0 Å². The van der Waals surface area contributed by atoms with Gasteiger partial charge in [-0.15, -0.1) is 11.3 Å². The Morgan fingerprint density at radius 2 is 2.45 bits per heavy atom. The first kappa shape index (κ1) is 13.8. The van der Waals surface area contributed by atoms with Crippen LogP contribution < -0.4 is 5.73 Å². The van der Waals surface area contributed by atoms with Crippen molar-refractivity contribution in [2.45, 2.75) is 26.3 Å². The summed E-state index contributed by atoms with van der Waals surface area (Å²) >= 11 is 1.66. The van der Waals surface area contributed by atoms with Crippen LogP contribution in [0.1, 0.15) is 24.3 Å². The van der Waals surface area contributed by atoms with E-state index < -0.39 is 0 Å². The summed E-state index contributed by atoms with van der Waals surface area (Å²) in [4.78, 5) is 8.21. The lowest BCUT2D eigenvalue weighted by atomic mass is 9.98. The van der Waals surface area contributed by atoms with E-state index in [4.69, 9.17) is 10.2 Å². The van der Waals surface area contributed by atoms with Crippen LogP contribution in [0, 0.1) is 12.8 Å². The molecule has 3 rings (SSSR count). The molecule has 1 saturated heterocycles. The number of piperidine rings is 1. The summed E-state index contributed by atoms with van der Waals surface area (Å²) in [6, 6.07) is 4.07. The first-order valence-corrected chi connectivity index (χ1v) is 8.07. The van der Waals surface area contributed by atoms with Crippen LogP contribution in [-0.2, 0) is 6.54 Å². The Morgan fingerprint density at radius 1 is 1.55 bits per heavy atom. The van der Waals surface area contributed by atoms with Crippen molar-refractivity contribution < 1.29 is 4.42 Å². The van der Waals surface area contributed by atoms with Gasteiger partial charge in [0.05, 0.1) is 10.6 Å². The first-order chi connectivity index (χ1) is 9.76. The van der Waals surface area contributed by atoms with E-state index in [-0.39, 0.29) is 0 Å². The van der Waals surface area contributed by atoms with E-state index >= 15 is 0 Å². The molecule has 0 radical (unpaired) electrons. The Bertz CT molecular complexity index is 549. The van der Waals surface area contributed by atoms with E-state index in [1.54, 1.807) is 11.3 Å². The Kier molecular flexibility index (Phi) is 4.19. The average Bonchev–Trinajstić information content (AvgIpc) is 3.10. The van der Waals surface area contributed by atoms with Gasteiger partial charge in [-0.3, -0.25) is 4.90 Å². The van der Waals surface area contributed by atoms with Crippen LogP contribution in [0.3, 0.4) is 0 Å². The highest BCUT2D eigenvalue weighted by atomic mass is 32.1. The van der Waals surface area contributed by atoms with Crippen molar-refractivity contribution in [2.24, 2.45) is 11.7 Å². The monoisotopic (exact) mass is 291 g/mol. The minimum absolute atomic E-state index is 0.632. The van der Waals surface area contributed by atoms with Crippen molar-refractivity contribution in [1.82, 2.24) is 9.88 Å². The third-order valence-corrected chi connectivity index (χ3v) is 4.79. The molecule has 1 unspecified atom stereocenters. The van der Waals surface area contributed by atoms with Crippen molar-refractivity contribution >= 4 is 11.3 Å². The smallest absolute Gasteiger partial charge is 0.236 e. The minimum atomic E-state index is 0.632. The lowest BCUT2D eigenvalue weighted by Crippen LogP contribution is -2.38. The van der Waals surface area contributed by atoms with Gasteiger partial charge in [0.25, 0.3) is 0 Å². The molecule has 3 heterocycles. The maximum Gasteiger partial charge on any atom is 0.236 e. The summed E-state index contributed by atoms with van der Waals surface area (Å²) < 4.78 is 5.80. The van der Waals surface area contributed by atoms with Gasteiger partial charge in [0.1, 0.15) is 5.76 Å². The number of nitrogens with two attached hydrogens (primary N) is 1. The molecule has 1 aliphatic rings. The number of aryl methyl sites for hydroxylation is 1. The zero-order valence-electron chi connectivity index (χ0n) is 11.8. The summed E-state index contributed by atoms with van der Waals surface area (Å²) in [5, 5.41) is 2.05. The maximum atomic E-state index is 5.80. The fraction of sp³-hybridized carbons (Fsp3) is 0.533. The second-order valence-corrected chi connectivity index (χ2v) is 6.43. The second-order valence-electron chi connectivity index (χ2n) is 5.48. The third kappa shape index (κ3) is 2.95. The van der Waals surface area contributed by atoms with E-state index in [0.29, 0.717) is 5.92 Å². The Balaban J connectivity index is 1.71. The van der Waals surface area contributed by atoms with Crippen LogP contribution in [0.5, 0.6) is 0 Å². The maximum absolute atomic E-state index is 5.80. The molecular weight excluding hydrogens is 270 g/mol. The molecule has 1 aliphatic heterocycles. The number of aromatic nitrogens is 1. The molecule has 2 aromatic heterocycles. The van der Waals surface area contributed by atoms with Crippen molar-refractivity contribution in [1.29, 1.82) is 0 Å². The van der Waals surface area contributed by atoms with Gasteiger partial charge in [0.2, 0.25) is 5.89 Å². The average molecular weight is 291 g/mol. The molecule has 0 aliphatic carbocycles. The molecule has 0 saturated carbocycles. The number of oxazole rings is 1. The van der Waals surface area contributed by atoms with Crippen LogP contribution in [0.15, 0.2) is 21.9 Å². The highest BCUT2D eigenvalue weighted by Crippen LogP contribution is 2.27. The van der Waals surface area contributed by atoms with E-state index in [9.17, 15) is 0 Å². The van der Waals surface area contributed by atoms with E-state index in [0.717, 1.165) is 48.4 Å². The fourth-order valence-corrected chi connectivity index (χ4v) is 3.43. The van der Waals surface area contributed by atoms with Gasteiger partial charge in [0, 0.05) is 13.1 Å². The van der Waals surface area contributed by atoms with Gasteiger partial charge >= 0.3 is 0 Å². The molecule has 4 nitrogen and oxygen atoms in total. The Hall–Kier alpha value is -1.17. The highest BCUT2D eigenvalue weighted by Gasteiger charge is 2.21. The topological polar surface area (TPSA) is 55.3 Å². The SMILES string of the molecule is Cc1oc(-c2cccs2)nc1CN1CCCC(CN)C1. The summed E-state index contributed by atoms with van der Waals surface area (Å²) in [5.74, 6) is 2.32. The predicted octanol–water partition coefficient (Wildman–Crippen LogP) is 2.88. The molecule has 0 bridgehead atoms. The number of likely N-dealkylation sites (tertiary alicyclic amines) is 1. The molecule has 2 aromatic rings. The van der Waals surface area contributed by atoms with Crippen molar-refractivity contribution in [3.05, 3.63) is 29.0 Å². The number of hydrogen-bond acceptors (Lipinski definition) is 5. The largest absolute Gasteiger partial charge is 0.440 e. The second kappa shape index (κ2) is 6.08. The summed E-state index contributed by atoms with van der Waals surface area (Å²) in [5.41, 5.74) is 6.86. The zero-order chi connectivity index (χ0) is 13.9. The van der Waals surface area contributed by atoms with Gasteiger partial charge < -0.3 is 10.2 Å². The fourth-order valence-electron chi connectivity index (χ4n) is 2.78.